The molecule has 0 radical (unpaired) electrons. The molecule has 1 aromatic carbocycles. The predicted molar refractivity (Wildman–Crippen MR) is 57.3 cm³/mol. The van der Waals surface area contributed by atoms with Gasteiger partial charge in [0.25, 0.3) is 0 Å². The minimum atomic E-state index is 0.470. The number of rotatable bonds is 1. The third-order valence-electron chi connectivity index (χ3n) is 3.02. The highest BCUT2D eigenvalue weighted by Gasteiger charge is 2.19. The molecule has 2 rings (SSSR count). The highest BCUT2D eigenvalue weighted by Crippen LogP contribution is 2.32. The quantitative estimate of drug-likeness (QED) is 0.659. The van der Waals surface area contributed by atoms with Crippen molar-refractivity contribution in [1.82, 2.24) is 0 Å². The Morgan fingerprint density at radius 1 is 1.29 bits per heavy atom. The van der Waals surface area contributed by atoms with Gasteiger partial charge in [-0.05, 0) is 47.9 Å². The van der Waals surface area contributed by atoms with E-state index < -0.39 is 0 Å². The van der Waals surface area contributed by atoms with Gasteiger partial charge in [-0.2, -0.15) is 5.26 Å². The molecule has 1 nitrogen and oxygen atoms in total. The number of nitrogens with zero attached hydrogens (tertiary/aromatic N) is 1. The lowest BCUT2D eigenvalue weighted by atomic mass is 9.90. The highest BCUT2D eigenvalue weighted by atomic mass is 14.3. The van der Waals surface area contributed by atoms with Crippen LogP contribution in [0.3, 0.4) is 0 Å². The first kappa shape index (κ1) is 9.27. The summed E-state index contributed by atoms with van der Waals surface area (Å²) in [5.41, 5.74) is 5.09. The van der Waals surface area contributed by atoms with Gasteiger partial charge in [-0.3, -0.25) is 0 Å². The summed E-state index contributed by atoms with van der Waals surface area (Å²) in [5, 5.41) is 9.05. The molecule has 1 aliphatic carbocycles. The van der Waals surface area contributed by atoms with Gasteiger partial charge in [0.2, 0.25) is 0 Å². The van der Waals surface area contributed by atoms with E-state index in [1.807, 2.05) is 6.07 Å². The van der Waals surface area contributed by atoms with Crippen LogP contribution in [0.25, 0.3) is 0 Å². The lowest BCUT2D eigenvalue weighted by Gasteiger charge is -2.13. The summed E-state index contributed by atoms with van der Waals surface area (Å²) in [6, 6.07) is 6.42. The maximum Gasteiger partial charge on any atom is 0.0994 e. The molecule has 0 amide bonds. The monoisotopic (exact) mass is 185 g/mol. The summed E-state index contributed by atoms with van der Waals surface area (Å²) in [5.74, 6) is 0.470. The van der Waals surface area contributed by atoms with Gasteiger partial charge in [0, 0.05) is 0 Å². The summed E-state index contributed by atoms with van der Waals surface area (Å²) in [4.78, 5) is 0. The maximum atomic E-state index is 9.05. The molecule has 1 aromatic rings. The highest BCUT2D eigenvalue weighted by molar-refractivity contribution is 5.50. The van der Waals surface area contributed by atoms with Crippen LogP contribution in [-0.4, -0.2) is 0 Å². The first-order valence-electron chi connectivity index (χ1n) is 5.28. The van der Waals surface area contributed by atoms with Gasteiger partial charge in [0.15, 0.2) is 0 Å². The summed E-state index contributed by atoms with van der Waals surface area (Å²) in [7, 11) is 0. The van der Waals surface area contributed by atoms with Gasteiger partial charge < -0.3 is 0 Å². The fourth-order valence-electron chi connectivity index (χ4n) is 2.45. The summed E-state index contributed by atoms with van der Waals surface area (Å²) in [6.45, 7) is 4.35. The largest absolute Gasteiger partial charge is 0.192 e. The molecule has 0 atom stereocenters. The van der Waals surface area contributed by atoms with E-state index in [9.17, 15) is 0 Å². The zero-order valence-electron chi connectivity index (χ0n) is 8.80. The minimum Gasteiger partial charge on any atom is -0.192 e. The Bertz CT molecular complexity index is 396. The average molecular weight is 185 g/mol. The number of benzene rings is 1. The van der Waals surface area contributed by atoms with Crippen molar-refractivity contribution in [2.24, 2.45) is 0 Å². The van der Waals surface area contributed by atoms with Crippen molar-refractivity contribution in [3.05, 3.63) is 34.4 Å². The fourth-order valence-corrected chi connectivity index (χ4v) is 2.45. The van der Waals surface area contributed by atoms with Crippen molar-refractivity contribution < 1.29 is 0 Å². The number of fused-ring (bicyclic) bond motifs is 1. The van der Waals surface area contributed by atoms with E-state index in [1.165, 1.54) is 36.0 Å². The van der Waals surface area contributed by atoms with Gasteiger partial charge in [0.05, 0.1) is 11.6 Å². The minimum absolute atomic E-state index is 0.470. The van der Waals surface area contributed by atoms with Crippen LogP contribution in [0, 0.1) is 11.3 Å². The standard InChI is InChI=1S/C13H15N/c1-9(2)13-11(8-14)7-6-10-4-3-5-12(10)13/h6-7,9H,3-5H2,1-2H3. The SMILES string of the molecule is CC(C)c1c(C#N)ccc2c1CCC2. The molecule has 0 spiro atoms. The molecular weight excluding hydrogens is 170 g/mol. The van der Waals surface area contributed by atoms with Crippen molar-refractivity contribution >= 4 is 0 Å². The third-order valence-corrected chi connectivity index (χ3v) is 3.02. The Morgan fingerprint density at radius 3 is 2.71 bits per heavy atom. The van der Waals surface area contributed by atoms with Crippen molar-refractivity contribution in [3.8, 4) is 6.07 Å². The Hall–Kier alpha value is -1.29. The van der Waals surface area contributed by atoms with Crippen LogP contribution in [-0.2, 0) is 12.8 Å². The number of nitriles is 1. The fraction of sp³-hybridized carbons (Fsp3) is 0.462. The summed E-state index contributed by atoms with van der Waals surface area (Å²) < 4.78 is 0. The first-order chi connectivity index (χ1) is 6.74. The van der Waals surface area contributed by atoms with Gasteiger partial charge in [0.1, 0.15) is 0 Å². The summed E-state index contributed by atoms with van der Waals surface area (Å²) >= 11 is 0. The number of aryl methyl sites for hydroxylation is 1. The van der Waals surface area contributed by atoms with Crippen LogP contribution in [0.2, 0.25) is 0 Å². The zero-order chi connectivity index (χ0) is 10.1. The molecule has 14 heavy (non-hydrogen) atoms. The molecule has 0 aliphatic heterocycles. The van der Waals surface area contributed by atoms with Gasteiger partial charge in [-0.1, -0.05) is 19.9 Å². The second kappa shape index (κ2) is 3.46. The molecule has 0 saturated carbocycles. The van der Waals surface area contributed by atoms with Crippen molar-refractivity contribution in [2.45, 2.75) is 39.0 Å². The molecule has 0 aromatic heterocycles. The van der Waals surface area contributed by atoms with E-state index in [1.54, 1.807) is 0 Å². The first-order valence-corrected chi connectivity index (χ1v) is 5.28. The van der Waals surface area contributed by atoms with E-state index in [-0.39, 0.29) is 0 Å². The van der Waals surface area contributed by atoms with Gasteiger partial charge >= 0.3 is 0 Å². The van der Waals surface area contributed by atoms with E-state index in [0.29, 0.717) is 5.92 Å². The Morgan fingerprint density at radius 2 is 2.07 bits per heavy atom. The topological polar surface area (TPSA) is 23.8 Å². The summed E-state index contributed by atoms with van der Waals surface area (Å²) in [6.07, 6.45) is 3.61. The molecule has 1 aliphatic rings. The predicted octanol–water partition coefficient (Wildman–Crippen LogP) is 3.17. The molecule has 0 unspecified atom stereocenters. The van der Waals surface area contributed by atoms with Crippen LogP contribution >= 0.6 is 0 Å². The van der Waals surface area contributed by atoms with Gasteiger partial charge in [-0.15, -0.1) is 0 Å². The molecule has 0 heterocycles. The van der Waals surface area contributed by atoms with Crippen LogP contribution in [0.15, 0.2) is 12.1 Å². The van der Waals surface area contributed by atoms with E-state index in [2.05, 4.69) is 26.0 Å². The van der Waals surface area contributed by atoms with E-state index in [4.69, 9.17) is 5.26 Å². The molecule has 1 heteroatoms. The molecule has 0 saturated heterocycles. The van der Waals surface area contributed by atoms with Crippen molar-refractivity contribution in [3.63, 3.8) is 0 Å². The Balaban J connectivity index is 2.64. The normalized spacial score (nSPS) is 14.1. The van der Waals surface area contributed by atoms with Crippen molar-refractivity contribution in [1.29, 1.82) is 5.26 Å². The van der Waals surface area contributed by atoms with Gasteiger partial charge in [-0.25, -0.2) is 0 Å². The van der Waals surface area contributed by atoms with Crippen LogP contribution < -0.4 is 0 Å². The van der Waals surface area contributed by atoms with Crippen LogP contribution in [0.5, 0.6) is 0 Å². The third kappa shape index (κ3) is 1.32. The number of hydrogen-bond donors (Lipinski definition) is 0. The van der Waals surface area contributed by atoms with E-state index in [0.717, 1.165) is 5.56 Å². The molecule has 0 fully saturated rings. The lowest BCUT2D eigenvalue weighted by molar-refractivity contribution is 0.835. The smallest absolute Gasteiger partial charge is 0.0994 e. The average Bonchev–Trinajstić information content (AvgIpc) is 2.62. The Kier molecular flexibility index (Phi) is 2.29. The van der Waals surface area contributed by atoms with Crippen LogP contribution in [0.4, 0.5) is 0 Å². The maximum absolute atomic E-state index is 9.05. The van der Waals surface area contributed by atoms with E-state index >= 15 is 0 Å². The van der Waals surface area contributed by atoms with Crippen molar-refractivity contribution in [2.75, 3.05) is 0 Å². The molecular formula is C13H15N. The molecule has 0 N–H and O–H groups in total. The molecule has 72 valence electrons. The zero-order valence-corrected chi connectivity index (χ0v) is 8.80. The second-order valence-electron chi connectivity index (χ2n) is 4.28. The van der Waals surface area contributed by atoms with Crippen LogP contribution in [0.1, 0.15) is 48.4 Å². The lowest BCUT2D eigenvalue weighted by Crippen LogP contribution is -1.99. The molecule has 0 bridgehead atoms. The number of hydrogen-bond acceptors (Lipinski definition) is 1. The Labute approximate surface area is 85.4 Å². The second-order valence-corrected chi connectivity index (χ2v) is 4.28.